The molecule has 2 aromatic rings. The Balaban J connectivity index is 1.67. The van der Waals surface area contributed by atoms with E-state index in [0.717, 1.165) is 18.7 Å². The molecule has 35 heavy (non-hydrogen) atoms. The average molecular weight is 486 g/mol. The number of aromatic nitrogens is 1. The standard InChI is InChI=1S/C26H35N3O6/c1-18(2)14-20(26(32)33)15-24(30)22(9-8-19-6-4-3-5-7-19)27-25(31)23-16-21(35-28-23)17-29-10-12-34-13-11-29/h3-7,16,18,20,22H,8-15,17H2,1-2H3,(H,27,31)(H,32,33)/t20-,22+/m1/s1. The lowest BCUT2D eigenvalue weighted by Crippen LogP contribution is -2.42. The summed E-state index contributed by atoms with van der Waals surface area (Å²) in [5.74, 6) is -1.88. The molecular weight excluding hydrogens is 450 g/mol. The van der Waals surface area contributed by atoms with Crippen molar-refractivity contribution in [2.75, 3.05) is 26.3 Å². The van der Waals surface area contributed by atoms with Crippen LogP contribution < -0.4 is 5.32 Å². The van der Waals surface area contributed by atoms with Crippen LogP contribution in [0.1, 0.15) is 54.9 Å². The van der Waals surface area contributed by atoms with Crippen LogP contribution in [0.3, 0.4) is 0 Å². The van der Waals surface area contributed by atoms with Gasteiger partial charge in [0.05, 0.1) is 31.7 Å². The molecule has 2 atom stereocenters. The van der Waals surface area contributed by atoms with E-state index < -0.39 is 23.8 Å². The van der Waals surface area contributed by atoms with E-state index in [1.807, 2.05) is 44.2 Å². The third-order valence-electron chi connectivity index (χ3n) is 6.09. The summed E-state index contributed by atoms with van der Waals surface area (Å²) >= 11 is 0. The van der Waals surface area contributed by atoms with Crippen molar-refractivity contribution in [2.45, 2.75) is 52.1 Å². The summed E-state index contributed by atoms with van der Waals surface area (Å²) in [6, 6.07) is 10.4. The normalized spacial score (nSPS) is 16.1. The Morgan fingerprint density at radius 3 is 2.51 bits per heavy atom. The third kappa shape index (κ3) is 8.60. The second-order valence-electron chi connectivity index (χ2n) is 9.45. The van der Waals surface area contributed by atoms with Gasteiger partial charge in [-0.15, -0.1) is 0 Å². The molecular formula is C26H35N3O6. The summed E-state index contributed by atoms with van der Waals surface area (Å²) in [6.07, 6.45) is 1.20. The van der Waals surface area contributed by atoms with E-state index in [9.17, 15) is 19.5 Å². The van der Waals surface area contributed by atoms with Crippen LogP contribution in [-0.2, 0) is 27.3 Å². The highest BCUT2D eigenvalue weighted by Crippen LogP contribution is 2.19. The lowest BCUT2D eigenvalue weighted by atomic mass is 9.89. The van der Waals surface area contributed by atoms with Crippen LogP contribution in [0.15, 0.2) is 40.9 Å². The van der Waals surface area contributed by atoms with Crippen molar-refractivity contribution < 1.29 is 28.8 Å². The highest BCUT2D eigenvalue weighted by Gasteiger charge is 2.29. The van der Waals surface area contributed by atoms with E-state index in [0.29, 0.717) is 44.8 Å². The number of hydrogen-bond donors (Lipinski definition) is 2. The number of Topliss-reactive ketones (excluding diaryl/α,β-unsaturated/α-hetero) is 1. The molecule has 1 aliphatic rings. The van der Waals surface area contributed by atoms with Crippen LogP contribution in [0.5, 0.6) is 0 Å². The largest absolute Gasteiger partial charge is 0.481 e. The maximum absolute atomic E-state index is 13.2. The van der Waals surface area contributed by atoms with E-state index in [4.69, 9.17) is 9.26 Å². The van der Waals surface area contributed by atoms with Gasteiger partial charge >= 0.3 is 5.97 Å². The predicted molar refractivity (Wildman–Crippen MR) is 129 cm³/mol. The quantitative estimate of drug-likeness (QED) is 0.444. The number of ether oxygens (including phenoxy) is 1. The molecule has 0 spiro atoms. The second kappa shape index (κ2) is 13.2. The van der Waals surface area contributed by atoms with Gasteiger partial charge in [0.2, 0.25) is 0 Å². The number of rotatable bonds is 13. The Labute approximate surface area is 205 Å². The number of ketones is 1. The molecule has 9 nitrogen and oxygen atoms in total. The Morgan fingerprint density at radius 1 is 1.14 bits per heavy atom. The molecule has 2 N–H and O–H groups in total. The van der Waals surface area contributed by atoms with Crippen LogP contribution in [0.2, 0.25) is 0 Å². The number of morpholine rings is 1. The molecule has 1 aliphatic heterocycles. The number of carboxylic acid groups (broad SMARTS) is 1. The van der Waals surface area contributed by atoms with Crippen LogP contribution in [-0.4, -0.2) is 65.2 Å². The van der Waals surface area contributed by atoms with Crippen molar-refractivity contribution in [1.29, 1.82) is 0 Å². The number of benzene rings is 1. The first-order valence-electron chi connectivity index (χ1n) is 12.2. The van der Waals surface area contributed by atoms with E-state index >= 15 is 0 Å². The van der Waals surface area contributed by atoms with Crippen LogP contribution in [0.4, 0.5) is 0 Å². The molecule has 0 saturated carbocycles. The van der Waals surface area contributed by atoms with Gasteiger partial charge in [-0.25, -0.2) is 0 Å². The monoisotopic (exact) mass is 485 g/mol. The van der Waals surface area contributed by atoms with Crippen LogP contribution in [0.25, 0.3) is 0 Å². The number of amides is 1. The van der Waals surface area contributed by atoms with Gasteiger partial charge in [-0.3, -0.25) is 19.3 Å². The maximum Gasteiger partial charge on any atom is 0.306 e. The van der Waals surface area contributed by atoms with Gasteiger partial charge in [-0.05, 0) is 30.7 Å². The maximum atomic E-state index is 13.2. The molecule has 190 valence electrons. The smallest absolute Gasteiger partial charge is 0.306 e. The molecule has 2 heterocycles. The second-order valence-corrected chi connectivity index (χ2v) is 9.45. The number of nitrogens with zero attached hydrogens (tertiary/aromatic N) is 2. The molecule has 0 radical (unpaired) electrons. The first kappa shape index (κ1) is 26.6. The summed E-state index contributed by atoms with van der Waals surface area (Å²) in [5.41, 5.74) is 1.13. The lowest BCUT2D eigenvalue weighted by molar-refractivity contribution is -0.144. The SMILES string of the molecule is CC(C)C[C@H](CC(=O)[C@H](CCc1ccccc1)NC(=O)c1cc(CN2CCOCC2)on1)C(=O)O. The summed E-state index contributed by atoms with van der Waals surface area (Å²) in [6.45, 7) is 7.23. The van der Waals surface area contributed by atoms with E-state index in [-0.39, 0.29) is 23.8 Å². The minimum absolute atomic E-state index is 0.0998. The van der Waals surface area contributed by atoms with Crippen molar-refractivity contribution in [2.24, 2.45) is 11.8 Å². The van der Waals surface area contributed by atoms with E-state index in [1.165, 1.54) is 0 Å². The Kier molecular flexibility index (Phi) is 9.98. The van der Waals surface area contributed by atoms with Crippen molar-refractivity contribution >= 4 is 17.7 Å². The summed E-state index contributed by atoms with van der Waals surface area (Å²) < 4.78 is 10.7. The topological polar surface area (TPSA) is 122 Å². The van der Waals surface area contributed by atoms with Gasteiger partial charge in [0.25, 0.3) is 5.91 Å². The fourth-order valence-electron chi connectivity index (χ4n) is 4.20. The minimum atomic E-state index is -0.996. The van der Waals surface area contributed by atoms with Gasteiger partial charge in [-0.1, -0.05) is 49.3 Å². The fraction of sp³-hybridized carbons (Fsp3) is 0.538. The average Bonchev–Trinajstić information content (AvgIpc) is 3.30. The number of carboxylic acids is 1. The molecule has 1 aromatic heterocycles. The lowest BCUT2D eigenvalue weighted by Gasteiger charge is -2.25. The number of aliphatic carboxylic acids is 1. The molecule has 1 aromatic carbocycles. The number of hydrogen-bond acceptors (Lipinski definition) is 7. The number of carbonyl (C=O) groups excluding carboxylic acids is 2. The van der Waals surface area contributed by atoms with Crippen LogP contribution in [0, 0.1) is 11.8 Å². The molecule has 1 amide bonds. The highest BCUT2D eigenvalue weighted by atomic mass is 16.5. The fourth-order valence-corrected chi connectivity index (χ4v) is 4.20. The summed E-state index contributed by atoms with van der Waals surface area (Å²) in [7, 11) is 0. The van der Waals surface area contributed by atoms with E-state index in [1.54, 1.807) is 6.07 Å². The number of carbonyl (C=O) groups is 3. The predicted octanol–water partition coefficient (Wildman–Crippen LogP) is 2.94. The van der Waals surface area contributed by atoms with Crippen molar-refractivity contribution in [1.82, 2.24) is 15.4 Å². The van der Waals surface area contributed by atoms with Crippen molar-refractivity contribution in [3.05, 3.63) is 53.4 Å². The molecule has 3 rings (SSSR count). The van der Waals surface area contributed by atoms with E-state index in [2.05, 4.69) is 15.4 Å². The van der Waals surface area contributed by atoms with Crippen molar-refractivity contribution in [3.63, 3.8) is 0 Å². The highest BCUT2D eigenvalue weighted by molar-refractivity contribution is 5.97. The van der Waals surface area contributed by atoms with Gasteiger partial charge in [0.15, 0.2) is 17.2 Å². The third-order valence-corrected chi connectivity index (χ3v) is 6.09. The number of nitrogens with one attached hydrogen (secondary N) is 1. The molecule has 1 fully saturated rings. The zero-order valence-corrected chi connectivity index (χ0v) is 20.4. The van der Waals surface area contributed by atoms with Crippen molar-refractivity contribution in [3.8, 4) is 0 Å². The van der Waals surface area contributed by atoms with Gasteiger partial charge < -0.3 is 19.7 Å². The molecule has 9 heteroatoms. The first-order chi connectivity index (χ1) is 16.8. The number of aryl methyl sites for hydroxylation is 1. The minimum Gasteiger partial charge on any atom is -0.481 e. The van der Waals surface area contributed by atoms with Gasteiger partial charge in [-0.2, -0.15) is 0 Å². The summed E-state index contributed by atoms with van der Waals surface area (Å²) in [4.78, 5) is 40.0. The molecule has 1 saturated heterocycles. The summed E-state index contributed by atoms with van der Waals surface area (Å²) in [5, 5.41) is 16.3. The zero-order valence-electron chi connectivity index (χ0n) is 20.4. The molecule has 0 unspecified atom stereocenters. The van der Waals surface area contributed by atoms with Crippen LogP contribution >= 0.6 is 0 Å². The Bertz CT molecular complexity index is 968. The zero-order chi connectivity index (χ0) is 25.2. The molecule has 0 aliphatic carbocycles. The van der Waals surface area contributed by atoms with Gasteiger partial charge in [0.1, 0.15) is 0 Å². The Morgan fingerprint density at radius 2 is 1.86 bits per heavy atom. The van der Waals surface area contributed by atoms with Gasteiger partial charge in [0, 0.05) is 25.6 Å². The first-order valence-corrected chi connectivity index (χ1v) is 12.2. The Hall–Kier alpha value is -3.04. The molecule has 0 bridgehead atoms.